The van der Waals surface area contributed by atoms with Gasteiger partial charge in [0, 0.05) is 6.42 Å². The molecule has 0 fully saturated rings. The Hall–Kier alpha value is -0.750. The molecular formula is C21H41NO4S. The van der Waals surface area contributed by atoms with E-state index >= 15 is 0 Å². The lowest BCUT2D eigenvalue weighted by Crippen LogP contribution is -2.50. The molecular weight excluding hydrogens is 362 g/mol. The van der Waals surface area contributed by atoms with E-state index in [1.165, 1.54) is 70.5 Å². The van der Waals surface area contributed by atoms with E-state index < -0.39 is 28.4 Å². The van der Waals surface area contributed by atoms with E-state index in [0.717, 1.165) is 19.3 Å². The quantitative estimate of drug-likeness (QED) is 0.254. The van der Waals surface area contributed by atoms with Crippen molar-refractivity contribution in [2.45, 2.75) is 115 Å². The van der Waals surface area contributed by atoms with Crippen LogP contribution in [0.4, 0.5) is 0 Å². The molecule has 0 aliphatic carbocycles. The highest BCUT2D eigenvalue weighted by molar-refractivity contribution is 7.91. The molecule has 160 valence electrons. The number of carboxylic acids is 1. The monoisotopic (exact) mass is 403 g/mol. The first-order valence-electron chi connectivity index (χ1n) is 10.7. The largest absolute Gasteiger partial charge is 0.616 e. The summed E-state index contributed by atoms with van der Waals surface area (Å²) in [6.07, 6.45) is 18.0. The van der Waals surface area contributed by atoms with Crippen LogP contribution in [0.5, 0.6) is 0 Å². The summed E-state index contributed by atoms with van der Waals surface area (Å²) in [6.45, 7) is 3.83. The van der Waals surface area contributed by atoms with E-state index in [2.05, 4.69) is 12.2 Å². The molecule has 0 bridgehead atoms. The Labute approximate surface area is 169 Å². The van der Waals surface area contributed by atoms with Crippen LogP contribution in [0.2, 0.25) is 0 Å². The number of rotatable bonds is 18. The van der Waals surface area contributed by atoms with Crippen LogP contribution in [-0.4, -0.2) is 39.1 Å². The normalized spacial score (nSPS) is 14.5. The maximum atomic E-state index is 11.9. The van der Waals surface area contributed by atoms with Crippen molar-refractivity contribution < 1.29 is 19.2 Å². The van der Waals surface area contributed by atoms with E-state index in [9.17, 15) is 19.2 Å². The van der Waals surface area contributed by atoms with Crippen LogP contribution < -0.4 is 5.32 Å². The van der Waals surface area contributed by atoms with Crippen LogP contribution >= 0.6 is 0 Å². The Morgan fingerprint density at radius 2 is 1.30 bits per heavy atom. The number of hydrogen-bond acceptors (Lipinski definition) is 3. The summed E-state index contributed by atoms with van der Waals surface area (Å²) in [5, 5.41) is 11.1. The van der Waals surface area contributed by atoms with Crippen LogP contribution in [0.25, 0.3) is 0 Å². The second-order valence-electron chi connectivity index (χ2n) is 7.58. The fraction of sp³-hybridized carbons (Fsp3) is 0.905. The van der Waals surface area contributed by atoms with Crippen LogP contribution in [0.1, 0.15) is 104 Å². The Kier molecular flexibility index (Phi) is 16.9. The highest BCUT2D eigenvalue weighted by atomic mass is 32.2. The first-order chi connectivity index (χ1) is 12.9. The topological polar surface area (TPSA) is 89.5 Å². The van der Waals surface area contributed by atoms with Gasteiger partial charge < -0.3 is 15.0 Å². The minimum Gasteiger partial charge on any atom is -0.616 e. The third-order valence-electron chi connectivity index (χ3n) is 5.08. The third-order valence-corrected chi connectivity index (χ3v) is 6.40. The van der Waals surface area contributed by atoms with Gasteiger partial charge in [-0.2, -0.15) is 0 Å². The predicted octanol–water partition coefficient (Wildman–Crippen LogP) is 4.80. The number of nitrogens with one attached hydrogen (secondary N) is 1. The van der Waals surface area contributed by atoms with Crippen LogP contribution in [0, 0.1) is 0 Å². The summed E-state index contributed by atoms with van der Waals surface area (Å²) in [6, 6.07) is -1.08. The van der Waals surface area contributed by atoms with Gasteiger partial charge in [-0.25, -0.2) is 4.79 Å². The minimum atomic E-state index is -1.29. The summed E-state index contributed by atoms with van der Waals surface area (Å²) >= 11 is -1.29. The molecule has 0 aromatic heterocycles. The van der Waals surface area contributed by atoms with E-state index in [1.54, 1.807) is 6.92 Å². The first kappa shape index (κ1) is 26.2. The molecule has 3 atom stereocenters. The summed E-state index contributed by atoms with van der Waals surface area (Å²) < 4.78 is 11.5. The lowest BCUT2D eigenvalue weighted by molar-refractivity contribution is -0.141. The molecule has 5 nitrogen and oxygen atoms in total. The number of carboxylic acid groups (broad SMARTS) is 1. The van der Waals surface area contributed by atoms with Gasteiger partial charge >= 0.3 is 5.97 Å². The van der Waals surface area contributed by atoms with E-state index in [4.69, 9.17) is 0 Å². The Bertz CT molecular complexity index is 390. The van der Waals surface area contributed by atoms with Gasteiger partial charge in [0.1, 0.15) is 5.25 Å². The van der Waals surface area contributed by atoms with Gasteiger partial charge in [0.2, 0.25) is 5.91 Å². The molecule has 1 amide bonds. The van der Waals surface area contributed by atoms with Gasteiger partial charge in [-0.1, -0.05) is 95.1 Å². The van der Waals surface area contributed by atoms with Crippen molar-refractivity contribution in [2.24, 2.45) is 0 Å². The molecule has 0 aromatic carbocycles. The van der Waals surface area contributed by atoms with Crippen molar-refractivity contribution in [3.63, 3.8) is 0 Å². The van der Waals surface area contributed by atoms with E-state index in [0.29, 0.717) is 6.42 Å². The molecule has 0 aromatic rings. The van der Waals surface area contributed by atoms with Gasteiger partial charge in [-0.15, -0.1) is 0 Å². The van der Waals surface area contributed by atoms with Gasteiger partial charge in [-0.05, 0) is 13.3 Å². The van der Waals surface area contributed by atoms with Crippen molar-refractivity contribution in [3.05, 3.63) is 0 Å². The van der Waals surface area contributed by atoms with Crippen molar-refractivity contribution in [2.75, 3.05) is 6.26 Å². The molecule has 6 heteroatoms. The number of amides is 1. The van der Waals surface area contributed by atoms with Crippen molar-refractivity contribution in [1.29, 1.82) is 0 Å². The summed E-state index contributed by atoms with van der Waals surface area (Å²) in [5.74, 6) is -1.39. The van der Waals surface area contributed by atoms with E-state index in [1.807, 2.05) is 0 Å². The zero-order valence-electron chi connectivity index (χ0n) is 17.6. The molecule has 0 rings (SSSR count). The summed E-state index contributed by atoms with van der Waals surface area (Å²) in [7, 11) is 0. The molecule has 0 heterocycles. The molecule has 0 aliphatic heterocycles. The minimum absolute atomic E-state index is 0.261. The summed E-state index contributed by atoms with van der Waals surface area (Å²) in [4.78, 5) is 23.1. The molecule has 0 saturated heterocycles. The highest BCUT2D eigenvalue weighted by Gasteiger charge is 2.32. The molecule has 0 spiro atoms. The lowest BCUT2D eigenvalue weighted by Gasteiger charge is -2.22. The summed E-state index contributed by atoms with van der Waals surface area (Å²) in [5.41, 5.74) is 0. The maximum Gasteiger partial charge on any atom is 0.331 e. The maximum absolute atomic E-state index is 11.9. The van der Waals surface area contributed by atoms with Crippen LogP contribution in [0.15, 0.2) is 0 Å². The second-order valence-corrected chi connectivity index (χ2v) is 9.32. The smallest absolute Gasteiger partial charge is 0.331 e. The van der Waals surface area contributed by atoms with Gasteiger partial charge in [0.05, 0.1) is 6.26 Å². The Morgan fingerprint density at radius 3 is 1.67 bits per heavy atom. The van der Waals surface area contributed by atoms with Crippen molar-refractivity contribution in [3.8, 4) is 0 Å². The number of aliphatic carboxylic acids is 1. The fourth-order valence-electron chi connectivity index (χ4n) is 3.12. The molecule has 27 heavy (non-hydrogen) atoms. The van der Waals surface area contributed by atoms with Crippen molar-refractivity contribution >= 4 is 23.1 Å². The molecule has 3 unspecified atom stereocenters. The average molecular weight is 404 g/mol. The zero-order chi connectivity index (χ0) is 20.5. The molecule has 2 N–H and O–H groups in total. The fourth-order valence-corrected chi connectivity index (χ4v) is 3.69. The number of carbonyl (C=O) groups is 2. The number of hydrogen-bond donors (Lipinski definition) is 2. The van der Waals surface area contributed by atoms with Gasteiger partial charge in [0.25, 0.3) is 0 Å². The first-order valence-corrected chi connectivity index (χ1v) is 12.4. The predicted molar refractivity (Wildman–Crippen MR) is 113 cm³/mol. The zero-order valence-corrected chi connectivity index (χ0v) is 18.5. The third kappa shape index (κ3) is 14.9. The number of carbonyl (C=O) groups excluding carboxylic acids is 1. The Morgan fingerprint density at radius 1 is 0.889 bits per heavy atom. The SMILES string of the molecule is CCCCCCCCCCCCCCCC(=O)NC(C(=O)O)C(C)[S+](C)[O-]. The Balaban J connectivity index is 3.59. The van der Waals surface area contributed by atoms with Crippen LogP contribution in [0.3, 0.4) is 0 Å². The van der Waals surface area contributed by atoms with Crippen molar-refractivity contribution in [1.82, 2.24) is 5.32 Å². The van der Waals surface area contributed by atoms with Gasteiger partial charge in [-0.3, -0.25) is 4.79 Å². The second kappa shape index (κ2) is 17.4. The molecule has 0 radical (unpaired) electrons. The standard InChI is InChI=1S/C21H41NO4S/c1-4-5-6-7-8-9-10-11-12-13-14-15-16-17-19(23)22-20(21(24)25)18(2)27(3)26/h18,20H,4-17H2,1-3H3,(H,22,23)(H,24,25). The lowest BCUT2D eigenvalue weighted by atomic mass is 10.0. The number of unbranched alkanes of at least 4 members (excludes halogenated alkanes) is 12. The highest BCUT2D eigenvalue weighted by Crippen LogP contribution is 2.13. The average Bonchev–Trinajstić information content (AvgIpc) is 2.62. The van der Waals surface area contributed by atoms with E-state index in [-0.39, 0.29) is 5.91 Å². The molecule has 0 saturated carbocycles. The van der Waals surface area contributed by atoms with Gasteiger partial charge in [0.15, 0.2) is 6.04 Å². The van der Waals surface area contributed by atoms with Crippen LogP contribution in [-0.2, 0) is 20.8 Å². The molecule has 0 aliphatic rings.